The van der Waals surface area contributed by atoms with E-state index < -0.39 is 5.60 Å². The summed E-state index contributed by atoms with van der Waals surface area (Å²) in [7, 11) is 0. The zero-order chi connectivity index (χ0) is 13.2. The molecule has 0 amide bonds. The quantitative estimate of drug-likeness (QED) is 0.725. The number of hydrogen-bond acceptors (Lipinski definition) is 3. The molecule has 0 aromatic carbocycles. The molecule has 2 rings (SSSR count). The normalized spacial score (nSPS) is 35.3. The van der Waals surface area contributed by atoms with Gasteiger partial charge in [-0.1, -0.05) is 26.7 Å². The summed E-state index contributed by atoms with van der Waals surface area (Å²) in [6, 6.07) is 0.192. The molecular formula is C15H29NO2. The third kappa shape index (κ3) is 3.69. The van der Waals surface area contributed by atoms with Crippen LogP contribution in [0.5, 0.6) is 0 Å². The molecule has 0 bridgehead atoms. The zero-order valence-corrected chi connectivity index (χ0v) is 11.9. The van der Waals surface area contributed by atoms with Crippen LogP contribution in [0, 0.1) is 5.41 Å². The van der Waals surface area contributed by atoms with Crippen molar-refractivity contribution in [3.05, 3.63) is 0 Å². The number of aliphatic hydroxyl groups excluding tert-OH is 1. The van der Waals surface area contributed by atoms with Gasteiger partial charge in [-0.2, -0.15) is 0 Å². The molecule has 0 unspecified atom stereocenters. The molecule has 2 fully saturated rings. The van der Waals surface area contributed by atoms with Gasteiger partial charge in [0.05, 0.1) is 11.7 Å². The Hall–Kier alpha value is -0.120. The molecule has 2 aliphatic carbocycles. The number of rotatable bonds is 3. The molecule has 0 aliphatic heterocycles. The van der Waals surface area contributed by atoms with E-state index in [1.807, 2.05) is 0 Å². The highest BCUT2D eigenvalue weighted by Gasteiger charge is 2.37. The van der Waals surface area contributed by atoms with Crippen LogP contribution in [0.15, 0.2) is 0 Å². The van der Waals surface area contributed by atoms with Gasteiger partial charge in [-0.3, -0.25) is 0 Å². The van der Waals surface area contributed by atoms with Crippen molar-refractivity contribution in [3.8, 4) is 0 Å². The van der Waals surface area contributed by atoms with Gasteiger partial charge in [0.25, 0.3) is 0 Å². The molecule has 106 valence electrons. The van der Waals surface area contributed by atoms with E-state index in [0.717, 1.165) is 44.9 Å². The van der Waals surface area contributed by atoms with Crippen LogP contribution in [0.3, 0.4) is 0 Å². The molecule has 0 spiro atoms. The van der Waals surface area contributed by atoms with Crippen LogP contribution in [0.4, 0.5) is 0 Å². The second-order valence-electron chi connectivity index (χ2n) is 7.23. The predicted octanol–water partition coefficient (Wildman–Crippen LogP) is 2.21. The van der Waals surface area contributed by atoms with Crippen molar-refractivity contribution in [2.75, 3.05) is 6.54 Å². The molecule has 2 saturated carbocycles. The van der Waals surface area contributed by atoms with Crippen molar-refractivity contribution < 1.29 is 10.2 Å². The van der Waals surface area contributed by atoms with Crippen LogP contribution in [0.1, 0.15) is 65.2 Å². The first kappa shape index (κ1) is 14.3. The summed E-state index contributed by atoms with van der Waals surface area (Å²) < 4.78 is 0. The highest BCUT2D eigenvalue weighted by Crippen LogP contribution is 2.40. The second kappa shape index (κ2) is 5.48. The van der Waals surface area contributed by atoms with E-state index in [1.165, 1.54) is 6.42 Å². The third-order valence-corrected chi connectivity index (χ3v) is 4.96. The van der Waals surface area contributed by atoms with E-state index in [4.69, 9.17) is 0 Å². The van der Waals surface area contributed by atoms with Crippen molar-refractivity contribution in [2.24, 2.45) is 5.41 Å². The Morgan fingerprint density at radius 1 is 1.06 bits per heavy atom. The maximum Gasteiger partial charge on any atom is 0.0772 e. The van der Waals surface area contributed by atoms with Gasteiger partial charge in [-0.25, -0.2) is 0 Å². The summed E-state index contributed by atoms with van der Waals surface area (Å²) in [6.45, 7) is 5.21. The van der Waals surface area contributed by atoms with Crippen LogP contribution >= 0.6 is 0 Å². The van der Waals surface area contributed by atoms with Crippen molar-refractivity contribution in [1.82, 2.24) is 5.32 Å². The van der Waals surface area contributed by atoms with Crippen LogP contribution < -0.4 is 5.32 Å². The average molecular weight is 255 g/mol. The van der Waals surface area contributed by atoms with E-state index in [0.29, 0.717) is 12.0 Å². The second-order valence-corrected chi connectivity index (χ2v) is 7.23. The van der Waals surface area contributed by atoms with Gasteiger partial charge < -0.3 is 15.5 Å². The first-order valence-corrected chi connectivity index (χ1v) is 7.54. The molecule has 2 aliphatic rings. The molecule has 0 aromatic rings. The Kier molecular flexibility index (Phi) is 4.35. The van der Waals surface area contributed by atoms with Gasteiger partial charge in [0.2, 0.25) is 0 Å². The van der Waals surface area contributed by atoms with Crippen molar-refractivity contribution in [1.29, 1.82) is 0 Å². The summed E-state index contributed by atoms with van der Waals surface area (Å²) in [4.78, 5) is 0. The number of nitrogens with one attached hydrogen (secondary N) is 1. The molecule has 3 N–H and O–H groups in total. The Balaban J connectivity index is 1.79. The van der Waals surface area contributed by atoms with Gasteiger partial charge >= 0.3 is 0 Å². The Labute approximate surface area is 111 Å². The summed E-state index contributed by atoms with van der Waals surface area (Å²) in [6.07, 6.45) is 8.02. The van der Waals surface area contributed by atoms with Gasteiger partial charge in [0.15, 0.2) is 0 Å². The van der Waals surface area contributed by atoms with E-state index in [2.05, 4.69) is 19.2 Å². The summed E-state index contributed by atoms with van der Waals surface area (Å²) >= 11 is 0. The topological polar surface area (TPSA) is 52.5 Å². The van der Waals surface area contributed by atoms with Gasteiger partial charge in [-0.15, -0.1) is 0 Å². The minimum Gasteiger partial charge on any atom is -0.392 e. The van der Waals surface area contributed by atoms with E-state index in [9.17, 15) is 10.2 Å². The first-order chi connectivity index (χ1) is 8.40. The Morgan fingerprint density at radius 2 is 1.67 bits per heavy atom. The Morgan fingerprint density at radius 3 is 2.28 bits per heavy atom. The average Bonchev–Trinajstić information content (AvgIpc) is 2.33. The summed E-state index contributed by atoms with van der Waals surface area (Å²) in [5.74, 6) is 0. The number of aliphatic hydroxyl groups is 2. The summed E-state index contributed by atoms with van der Waals surface area (Å²) in [5.41, 5.74) is -0.163. The fraction of sp³-hybridized carbons (Fsp3) is 1.00. The van der Waals surface area contributed by atoms with E-state index >= 15 is 0 Å². The van der Waals surface area contributed by atoms with Crippen LogP contribution in [0.25, 0.3) is 0 Å². The zero-order valence-electron chi connectivity index (χ0n) is 11.9. The highest BCUT2D eigenvalue weighted by atomic mass is 16.3. The molecule has 0 heterocycles. The highest BCUT2D eigenvalue weighted by molar-refractivity contribution is 4.92. The molecule has 2 atom stereocenters. The minimum absolute atomic E-state index is 0.192. The molecule has 0 radical (unpaired) electrons. The molecule has 3 nitrogen and oxygen atoms in total. The molecule has 3 heteroatoms. The monoisotopic (exact) mass is 255 g/mol. The third-order valence-electron chi connectivity index (χ3n) is 4.96. The largest absolute Gasteiger partial charge is 0.392 e. The lowest BCUT2D eigenvalue weighted by atomic mass is 9.71. The lowest BCUT2D eigenvalue weighted by Gasteiger charge is -2.41. The maximum atomic E-state index is 10.6. The lowest BCUT2D eigenvalue weighted by molar-refractivity contribution is -0.0313. The lowest BCUT2D eigenvalue weighted by Crippen LogP contribution is -2.51. The van der Waals surface area contributed by atoms with Crippen LogP contribution in [-0.4, -0.2) is 34.5 Å². The fourth-order valence-corrected chi connectivity index (χ4v) is 3.24. The van der Waals surface area contributed by atoms with Gasteiger partial charge in [0, 0.05) is 12.6 Å². The van der Waals surface area contributed by atoms with Crippen LogP contribution in [0.2, 0.25) is 0 Å². The van der Waals surface area contributed by atoms with Gasteiger partial charge in [0.1, 0.15) is 0 Å². The fourth-order valence-electron chi connectivity index (χ4n) is 3.24. The molecule has 18 heavy (non-hydrogen) atoms. The van der Waals surface area contributed by atoms with Crippen molar-refractivity contribution in [3.63, 3.8) is 0 Å². The first-order valence-electron chi connectivity index (χ1n) is 7.54. The summed E-state index contributed by atoms with van der Waals surface area (Å²) in [5, 5.41) is 23.9. The van der Waals surface area contributed by atoms with Crippen molar-refractivity contribution >= 4 is 0 Å². The standard InChI is InChI=1S/C15H29NO2/c1-14(2)7-9-15(18,10-8-14)11-16-12-5-3-4-6-13(12)17/h12-13,16-18H,3-11H2,1-2H3/t12-,13-/m1/s1. The van der Waals surface area contributed by atoms with E-state index in [1.54, 1.807) is 0 Å². The number of hydrogen-bond donors (Lipinski definition) is 3. The van der Waals surface area contributed by atoms with Crippen LogP contribution in [-0.2, 0) is 0 Å². The molecule has 0 saturated heterocycles. The predicted molar refractivity (Wildman–Crippen MR) is 73.5 cm³/mol. The van der Waals surface area contributed by atoms with E-state index in [-0.39, 0.29) is 12.1 Å². The maximum absolute atomic E-state index is 10.6. The molecular weight excluding hydrogens is 226 g/mol. The van der Waals surface area contributed by atoms with Crippen molar-refractivity contribution in [2.45, 2.75) is 83.0 Å². The van der Waals surface area contributed by atoms with Gasteiger partial charge in [-0.05, 0) is 43.9 Å². The minimum atomic E-state index is -0.549. The molecule has 0 aromatic heterocycles. The smallest absolute Gasteiger partial charge is 0.0772 e. The SMILES string of the molecule is CC1(C)CCC(O)(CN[C@@H]2CCCC[C@H]2O)CC1. The Bertz CT molecular complexity index is 268.